The quantitative estimate of drug-likeness (QED) is 0.447. The Kier molecular flexibility index (Phi) is 3.87. The molecule has 0 radical (unpaired) electrons. The maximum Gasteiger partial charge on any atom is 0.435 e. The molecule has 132 valence electrons. The zero-order valence-electron chi connectivity index (χ0n) is 12.9. The third-order valence-electron chi connectivity index (χ3n) is 3.59. The lowest BCUT2D eigenvalue weighted by Gasteiger charge is -2.01. The predicted molar refractivity (Wildman–Crippen MR) is 87.3 cm³/mol. The Balaban J connectivity index is 1.80. The largest absolute Gasteiger partial charge is 0.463 e. The molecule has 0 saturated carbocycles. The predicted octanol–water partition coefficient (Wildman–Crippen LogP) is 5.41. The second-order valence-electron chi connectivity index (χ2n) is 5.32. The number of thiazole rings is 1. The molecule has 0 aliphatic carbocycles. The molecule has 3 aromatic heterocycles. The zero-order chi connectivity index (χ0) is 18.3. The van der Waals surface area contributed by atoms with Crippen LogP contribution >= 0.6 is 11.3 Å². The molecule has 4 rings (SSSR count). The second kappa shape index (κ2) is 6.10. The van der Waals surface area contributed by atoms with Gasteiger partial charge in [0, 0.05) is 17.0 Å². The third kappa shape index (κ3) is 3.01. The number of furan rings is 1. The van der Waals surface area contributed by atoms with E-state index in [1.165, 1.54) is 18.4 Å². The highest BCUT2D eigenvalue weighted by atomic mass is 32.1. The number of alkyl halides is 3. The van der Waals surface area contributed by atoms with E-state index in [0.29, 0.717) is 11.3 Å². The minimum atomic E-state index is -4.59. The third-order valence-corrected chi connectivity index (χ3v) is 4.40. The first-order chi connectivity index (χ1) is 12.4. The van der Waals surface area contributed by atoms with Gasteiger partial charge in [-0.15, -0.1) is 11.3 Å². The maximum atomic E-state index is 13.1. The number of nitrogens with zero attached hydrogens (tertiary/aromatic N) is 3. The van der Waals surface area contributed by atoms with E-state index in [2.05, 4.69) is 10.1 Å². The highest BCUT2D eigenvalue weighted by Gasteiger charge is 2.36. The van der Waals surface area contributed by atoms with Gasteiger partial charge in [-0.25, -0.2) is 14.1 Å². The summed E-state index contributed by atoms with van der Waals surface area (Å²) in [6, 6.07) is 9.71. The van der Waals surface area contributed by atoms with Gasteiger partial charge in [0.05, 0.1) is 12.0 Å². The molecule has 1 aromatic carbocycles. The van der Waals surface area contributed by atoms with Crippen LogP contribution in [-0.4, -0.2) is 14.8 Å². The molecule has 0 aliphatic rings. The van der Waals surface area contributed by atoms with E-state index in [-0.39, 0.29) is 22.4 Å². The second-order valence-corrected chi connectivity index (χ2v) is 6.16. The Morgan fingerprint density at radius 3 is 2.50 bits per heavy atom. The lowest BCUT2D eigenvalue weighted by Crippen LogP contribution is -2.07. The highest BCUT2D eigenvalue weighted by Crippen LogP contribution is 2.34. The molecule has 0 saturated heterocycles. The van der Waals surface area contributed by atoms with Gasteiger partial charge in [-0.05, 0) is 36.4 Å². The molecule has 0 bridgehead atoms. The van der Waals surface area contributed by atoms with Crippen molar-refractivity contribution in [2.75, 3.05) is 0 Å². The number of aromatic nitrogens is 3. The summed E-state index contributed by atoms with van der Waals surface area (Å²) in [4.78, 5) is 4.33. The number of halogens is 4. The smallest absolute Gasteiger partial charge is 0.435 e. The molecule has 0 amide bonds. The highest BCUT2D eigenvalue weighted by molar-refractivity contribution is 7.12. The first-order valence-electron chi connectivity index (χ1n) is 7.35. The van der Waals surface area contributed by atoms with Crippen LogP contribution in [0.15, 0.2) is 58.5 Å². The zero-order valence-corrected chi connectivity index (χ0v) is 13.7. The van der Waals surface area contributed by atoms with Crippen molar-refractivity contribution in [3.05, 3.63) is 65.6 Å². The van der Waals surface area contributed by atoms with Crippen molar-refractivity contribution in [1.29, 1.82) is 0 Å². The van der Waals surface area contributed by atoms with Crippen LogP contribution < -0.4 is 0 Å². The van der Waals surface area contributed by atoms with Crippen LogP contribution in [-0.2, 0) is 6.18 Å². The summed E-state index contributed by atoms with van der Waals surface area (Å²) in [6.45, 7) is 0. The minimum Gasteiger partial charge on any atom is -0.463 e. The molecule has 0 N–H and O–H groups in total. The van der Waals surface area contributed by atoms with Gasteiger partial charge in [-0.2, -0.15) is 18.3 Å². The lowest BCUT2D eigenvalue weighted by atomic mass is 10.2. The van der Waals surface area contributed by atoms with Crippen LogP contribution in [0.1, 0.15) is 5.69 Å². The van der Waals surface area contributed by atoms with Crippen LogP contribution in [0.3, 0.4) is 0 Å². The van der Waals surface area contributed by atoms with E-state index in [1.807, 2.05) is 0 Å². The molecule has 3 heterocycles. The average Bonchev–Trinajstić information content (AvgIpc) is 3.33. The van der Waals surface area contributed by atoms with Crippen molar-refractivity contribution < 1.29 is 22.0 Å². The van der Waals surface area contributed by atoms with Gasteiger partial charge in [-0.3, -0.25) is 0 Å². The first kappa shape index (κ1) is 16.5. The Labute approximate surface area is 148 Å². The van der Waals surface area contributed by atoms with Crippen molar-refractivity contribution in [2.24, 2.45) is 0 Å². The lowest BCUT2D eigenvalue weighted by molar-refractivity contribution is -0.141. The summed E-state index contributed by atoms with van der Waals surface area (Å²) in [5.74, 6) is -0.141. The fourth-order valence-corrected chi connectivity index (χ4v) is 3.18. The monoisotopic (exact) mass is 379 g/mol. The van der Waals surface area contributed by atoms with Crippen LogP contribution in [0.4, 0.5) is 17.6 Å². The molecule has 0 fully saturated rings. The van der Waals surface area contributed by atoms with E-state index in [9.17, 15) is 17.6 Å². The molecular formula is C17H9F4N3OS. The summed E-state index contributed by atoms with van der Waals surface area (Å²) >= 11 is 1.12. The fraction of sp³-hybridized carbons (Fsp3) is 0.0588. The SMILES string of the molecule is Fc1ccc(-c2csc(-n3nc(C(F)(F)F)cc3-c3ccco3)n2)cc1. The maximum absolute atomic E-state index is 13.1. The number of rotatable bonds is 3. The van der Waals surface area contributed by atoms with E-state index in [1.54, 1.807) is 29.6 Å². The van der Waals surface area contributed by atoms with E-state index >= 15 is 0 Å². The summed E-state index contributed by atoms with van der Waals surface area (Å²) < 4.78 is 58.6. The van der Waals surface area contributed by atoms with Gasteiger partial charge in [0.1, 0.15) is 11.5 Å². The van der Waals surface area contributed by atoms with Gasteiger partial charge in [0.25, 0.3) is 0 Å². The van der Waals surface area contributed by atoms with Crippen LogP contribution in [0.5, 0.6) is 0 Å². The van der Waals surface area contributed by atoms with E-state index < -0.39 is 11.9 Å². The fourth-order valence-electron chi connectivity index (χ4n) is 2.38. The molecule has 4 aromatic rings. The van der Waals surface area contributed by atoms with E-state index in [4.69, 9.17) is 4.42 Å². The average molecular weight is 379 g/mol. The Morgan fingerprint density at radius 1 is 1.08 bits per heavy atom. The molecule has 4 nitrogen and oxygen atoms in total. The standard InChI is InChI=1S/C17H9F4N3OS/c18-11-5-3-10(4-6-11)12-9-26-16(22-12)24-13(14-2-1-7-25-14)8-15(23-24)17(19,20)21/h1-9H. The summed E-state index contributed by atoms with van der Waals surface area (Å²) in [5, 5.41) is 5.56. The van der Waals surface area contributed by atoms with E-state index in [0.717, 1.165) is 22.1 Å². The summed E-state index contributed by atoms with van der Waals surface area (Å²) in [7, 11) is 0. The molecule has 0 atom stereocenters. The topological polar surface area (TPSA) is 43.9 Å². The van der Waals surface area contributed by atoms with Crippen LogP contribution in [0.25, 0.3) is 27.8 Å². The first-order valence-corrected chi connectivity index (χ1v) is 8.23. The normalized spacial score (nSPS) is 11.8. The molecule has 9 heteroatoms. The van der Waals surface area contributed by atoms with Gasteiger partial charge >= 0.3 is 6.18 Å². The van der Waals surface area contributed by atoms with Crippen LogP contribution in [0.2, 0.25) is 0 Å². The van der Waals surface area contributed by atoms with Crippen molar-refractivity contribution in [3.63, 3.8) is 0 Å². The van der Waals surface area contributed by atoms with Crippen molar-refractivity contribution >= 4 is 11.3 Å². The molecule has 26 heavy (non-hydrogen) atoms. The number of benzene rings is 1. The van der Waals surface area contributed by atoms with Crippen molar-refractivity contribution in [1.82, 2.24) is 14.8 Å². The van der Waals surface area contributed by atoms with Crippen molar-refractivity contribution in [2.45, 2.75) is 6.18 Å². The van der Waals surface area contributed by atoms with Gasteiger partial charge in [0.15, 0.2) is 11.5 Å². The number of hydrogen-bond donors (Lipinski definition) is 0. The molecular weight excluding hydrogens is 370 g/mol. The Morgan fingerprint density at radius 2 is 1.85 bits per heavy atom. The van der Waals surface area contributed by atoms with Crippen LogP contribution in [0, 0.1) is 5.82 Å². The van der Waals surface area contributed by atoms with Crippen molar-refractivity contribution in [3.8, 4) is 27.8 Å². The molecule has 0 aliphatic heterocycles. The number of hydrogen-bond acceptors (Lipinski definition) is 4. The van der Waals surface area contributed by atoms with Gasteiger partial charge < -0.3 is 4.42 Å². The Hall–Kier alpha value is -2.94. The minimum absolute atomic E-state index is 0.141. The molecule has 0 unspecified atom stereocenters. The van der Waals surface area contributed by atoms with Gasteiger partial charge in [-0.1, -0.05) is 0 Å². The summed E-state index contributed by atoms with van der Waals surface area (Å²) in [6.07, 6.45) is -3.23. The Bertz CT molecular complexity index is 1030. The summed E-state index contributed by atoms with van der Waals surface area (Å²) in [5.41, 5.74) is 0.265. The van der Waals surface area contributed by atoms with Gasteiger partial charge in [0.2, 0.25) is 5.13 Å². The molecule has 0 spiro atoms.